The summed E-state index contributed by atoms with van der Waals surface area (Å²) in [6.45, 7) is 12.6. The number of thiophene rings is 1. The molecular formula is C48H59NO2S. The number of rotatable bonds is 20. The van der Waals surface area contributed by atoms with E-state index in [1.165, 1.54) is 81.7 Å². The van der Waals surface area contributed by atoms with Gasteiger partial charge >= 0.3 is 0 Å². The fraction of sp³-hybridized carbons (Fsp3) is 0.417. The highest BCUT2D eigenvalue weighted by atomic mass is 32.1. The third-order valence-corrected chi connectivity index (χ3v) is 12.2. The molecule has 1 N–H and O–H groups in total. The van der Waals surface area contributed by atoms with Crippen LogP contribution in [0.4, 0.5) is 11.4 Å². The Bertz CT molecular complexity index is 1780. The average molecular weight is 714 g/mol. The van der Waals surface area contributed by atoms with Crippen molar-refractivity contribution in [1.82, 2.24) is 0 Å². The zero-order chi connectivity index (χ0) is 36.2. The van der Waals surface area contributed by atoms with Gasteiger partial charge in [0.25, 0.3) is 0 Å². The minimum Gasteiger partial charge on any atom is -0.381 e. The molecule has 5 aromatic rings. The third-order valence-electron chi connectivity index (χ3n) is 11.0. The zero-order valence-electron chi connectivity index (χ0n) is 32.0. The van der Waals surface area contributed by atoms with Gasteiger partial charge in [-0.05, 0) is 110 Å². The summed E-state index contributed by atoms with van der Waals surface area (Å²) >= 11 is 1.86. The zero-order valence-corrected chi connectivity index (χ0v) is 32.8. The van der Waals surface area contributed by atoms with Crippen LogP contribution in [0.2, 0.25) is 0 Å². The minimum absolute atomic E-state index is 0.0567. The van der Waals surface area contributed by atoms with Crippen molar-refractivity contribution in [2.24, 2.45) is 5.41 Å². The summed E-state index contributed by atoms with van der Waals surface area (Å²) in [7, 11) is 0. The van der Waals surface area contributed by atoms with E-state index in [1.807, 2.05) is 11.3 Å². The Morgan fingerprint density at radius 2 is 1.19 bits per heavy atom. The summed E-state index contributed by atoms with van der Waals surface area (Å²) in [5.41, 5.74) is 10.8. The highest BCUT2D eigenvalue weighted by molar-refractivity contribution is 7.18. The molecule has 1 aliphatic heterocycles. The normalized spacial score (nSPS) is 13.9. The lowest BCUT2D eigenvalue weighted by Gasteiger charge is -2.37. The summed E-state index contributed by atoms with van der Waals surface area (Å²) in [6, 6.07) is 41.1. The van der Waals surface area contributed by atoms with Crippen molar-refractivity contribution in [2.45, 2.75) is 97.3 Å². The van der Waals surface area contributed by atoms with Crippen LogP contribution in [0.25, 0.3) is 20.9 Å². The quantitative estimate of drug-likeness (QED) is 0.0815. The Morgan fingerprint density at radius 3 is 1.73 bits per heavy atom. The van der Waals surface area contributed by atoms with E-state index in [9.17, 15) is 0 Å². The summed E-state index contributed by atoms with van der Waals surface area (Å²) < 4.78 is 11.2. The first kappa shape index (κ1) is 38.0. The number of ether oxygens (including phenoxy) is 2. The topological polar surface area (TPSA) is 30.5 Å². The summed E-state index contributed by atoms with van der Waals surface area (Å²) in [5.74, 6) is 0. The molecule has 0 bridgehead atoms. The van der Waals surface area contributed by atoms with Gasteiger partial charge in [0, 0.05) is 45.2 Å². The first-order chi connectivity index (χ1) is 25.4. The van der Waals surface area contributed by atoms with Crippen LogP contribution in [-0.4, -0.2) is 26.4 Å². The number of benzene rings is 4. The molecule has 1 aliphatic rings. The van der Waals surface area contributed by atoms with Gasteiger partial charge in [-0.3, -0.25) is 0 Å². The Morgan fingerprint density at radius 1 is 0.654 bits per heavy atom. The van der Waals surface area contributed by atoms with Crippen LogP contribution in [0.5, 0.6) is 0 Å². The highest BCUT2D eigenvalue weighted by Gasteiger charge is 2.33. The van der Waals surface area contributed by atoms with Crippen LogP contribution in [-0.2, 0) is 21.3 Å². The number of unbranched alkanes of at least 4 members (excludes halogenated alkanes) is 3. The lowest BCUT2D eigenvalue weighted by atomic mass is 9.68. The molecule has 274 valence electrons. The van der Waals surface area contributed by atoms with Gasteiger partial charge in [-0.25, -0.2) is 0 Å². The Balaban J connectivity index is 1.02. The highest BCUT2D eigenvalue weighted by Crippen LogP contribution is 2.43. The molecule has 6 rings (SSSR count). The van der Waals surface area contributed by atoms with Gasteiger partial charge < -0.3 is 14.8 Å². The van der Waals surface area contributed by atoms with E-state index in [-0.39, 0.29) is 5.41 Å². The molecule has 0 spiro atoms. The average Bonchev–Trinajstić information content (AvgIpc) is 3.66. The van der Waals surface area contributed by atoms with E-state index in [0.29, 0.717) is 5.41 Å². The third kappa shape index (κ3) is 9.83. The van der Waals surface area contributed by atoms with E-state index in [1.54, 1.807) is 0 Å². The van der Waals surface area contributed by atoms with Gasteiger partial charge in [-0.1, -0.05) is 125 Å². The Hall–Kier alpha value is -3.70. The van der Waals surface area contributed by atoms with Crippen molar-refractivity contribution in [3.63, 3.8) is 0 Å². The second-order valence-electron chi connectivity index (χ2n) is 15.4. The number of hydrogen-bond donors (Lipinski definition) is 1. The number of hydrogen-bond acceptors (Lipinski definition) is 4. The van der Waals surface area contributed by atoms with Gasteiger partial charge in [0.05, 0.1) is 13.2 Å². The molecule has 1 aromatic heterocycles. The lowest BCUT2D eigenvalue weighted by Crippen LogP contribution is -2.40. The van der Waals surface area contributed by atoms with Gasteiger partial charge in [0.1, 0.15) is 0 Å². The molecule has 0 atom stereocenters. The molecule has 0 amide bonds. The molecule has 3 nitrogen and oxygen atoms in total. The number of aryl methyl sites for hydroxylation is 2. The van der Waals surface area contributed by atoms with E-state index in [4.69, 9.17) is 9.47 Å². The molecule has 52 heavy (non-hydrogen) atoms. The molecule has 0 aliphatic carbocycles. The molecular weight excluding hydrogens is 655 g/mol. The maximum atomic E-state index is 5.88. The second-order valence-corrected chi connectivity index (χ2v) is 16.5. The standard InChI is InChI=1S/C48H59NO2S/c1-5-7-30-48(31-8-6-2,41-20-12-37(3)13-21-41)42-22-26-44(27-23-42)49-43-24-18-40(19-25-43)46-29-28-45(52-46)39-16-14-38(15-17-39)11-9-10-33-50-34-32-47(4)35-51-36-47/h12-29,49H,5-11,30-36H2,1-4H3. The maximum absolute atomic E-state index is 5.88. The molecule has 0 unspecified atom stereocenters. The van der Waals surface area contributed by atoms with Crippen LogP contribution in [0.1, 0.15) is 101 Å². The van der Waals surface area contributed by atoms with Crippen LogP contribution < -0.4 is 5.32 Å². The van der Waals surface area contributed by atoms with E-state index in [2.05, 4.69) is 142 Å². The summed E-state index contributed by atoms with van der Waals surface area (Å²) in [4.78, 5) is 2.60. The van der Waals surface area contributed by atoms with Crippen molar-refractivity contribution >= 4 is 22.7 Å². The predicted octanol–water partition coefficient (Wildman–Crippen LogP) is 13.6. The SMILES string of the molecule is CCCCC(CCCC)(c1ccc(C)cc1)c1ccc(Nc2ccc(-c3ccc(-c4ccc(CCCCOCCC5(C)COC5)cc4)s3)cc2)cc1. The lowest BCUT2D eigenvalue weighted by molar-refractivity contribution is -0.114. The van der Waals surface area contributed by atoms with Crippen molar-refractivity contribution in [2.75, 3.05) is 31.7 Å². The van der Waals surface area contributed by atoms with Crippen LogP contribution >= 0.6 is 11.3 Å². The second kappa shape index (κ2) is 18.4. The molecule has 4 heteroatoms. The molecule has 0 saturated carbocycles. The molecule has 4 aromatic carbocycles. The largest absolute Gasteiger partial charge is 0.381 e. The van der Waals surface area contributed by atoms with E-state index >= 15 is 0 Å². The number of anilines is 2. The van der Waals surface area contributed by atoms with Crippen LogP contribution in [0.15, 0.2) is 109 Å². The van der Waals surface area contributed by atoms with Crippen LogP contribution in [0.3, 0.4) is 0 Å². The fourth-order valence-corrected chi connectivity index (χ4v) is 8.51. The van der Waals surface area contributed by atoms with Crippen molar-refractivity contribution < 1.29 is 9.47 Å². The van der Waals surface area contributed by atoms with Crippen molar-refractivity contribution in [3.8, 4) is 20.9 Å². The fourth-order valence-electron chi connectivity index (χ4n) is 7.49. The predicted molar refractivity (Wildman–Crippen MR) is 223 cm³/mol. The monoisotopic (exact) mass is 713 g/mol. The van der Waals surface area contributed by atoms with Gasteiger partial charge in [0.15, 0.2) is 0 Å². The smallest absolute Gasteiger partial charge is 0.0542 e. The number of nitrogens with one attached hydrogen (secondary N) is 1. The van der Waals surface area contributed by atoms with Crippen LogP contribution in [0, 0.1) is 12.3 Å². The van der Waals surface area contributed by atoms with Crippen molar-refractivity contribution in [1.29, 1.82) is 0 Å². The molecule has 1 fully saturated rings. The summed E-state index contributed by atoms with van der Waals surface area (Å²) in [6.07, 6.45) is 11.7. The Labute approximate surface area is 317 Å². The van der Waals surface area contributed by atoms with E-state index < -0.39 is 0 Å². The maximum Gasteiger partial charge on any atom is 0.0542 e. The Kier molecular flexibility index (Phi) is 13.4. The van der Waals surface area contributed by atoms with Gasteiger partial charge in [-0.2, -0.15) is 0 Å². The van der Waals surface area contributed by atoms with Gasteiger partial charge in [-0.15, -0.1) is 11.3 Å². The first-order valence-electron chi connectivity index (χ1n) is 19.8. The molecule has 0 radical (unpaired) electrons. The molecule has 2 heterocycles. The van der Waals surface area contributed by atoms with Crippen molar-refractivity contribution in [3.05, 3.63) is 131 Å². The summed E-state index contributed by atoms with van der Waals surface area (Å²) in [5, 5.41) is 3.66. The van der Waals surface area contributed by atoms with Gasteiger partial charge in [0.2, 0.25) is 0 Å². The van der Waals surface area contributed by atoms with E-state index in [0.717, 1.165) is 63.5 Å². The molecule has 1 saturated heterocycles. The minimum atomic E-state index is 0.0567. The first-order valence-corrected chi connectivity index (χ1v) is 20.6.